The molecule has 1 atom stereocenters. The van der Waals surface area contributed by atoms with Crippen molar-refractivity contribution in [3.8, 4) is 5.88 Å². The fourth-order valence-electron chi connectivity index (χ4n) is 1.31. The van der Waals surface area contributed by atoms with E-state index in [2.05, 4.69) is 4.98 Å². The summed E-state index contributed by atoms with van der Waals surface area (Å²) >= 11 is 6.78. The number of hydrogen-bond acceptors (Lipinski definition) is 6. The molecule has 0 fully saturated rings. The van der Waals surface area contributed by atoms with Crippen LogP contribution in [0.3, 0.4) is 0 Å². The SMILES string of the molecule is COc1ncc(Cl)cc1C(OC(C)=O)C(=O)SC. The standard InChI is InChI=1S/C11H12ClNO4S/c1-6(14)17-9(11(15)18-3)8-4-7(12)5-13-10(8)16-2/h4-5,9H,1-3H3. The number of esters is 1. The zero-order chi connectivity index (χ0) is 13.7. The van der Waals surface area contributed by atoms with Gasteiger partial charge < -0.3 is 9.47 Å². The summed E-state index contributed by atoms with van der Waals surface area (Å²) in [6.45, 7) is 1.23. The molecule has 0 saturated heterocycles. The molecule has 0 radical (unpaired) electrons. The van der Waals surface area contributed by atoms with Crippen molar-refractivity contribution in [3.05, 3.63) is 22.8 Å². The van der Waals surface area contributed by atoms with Crippen LogP contribution in [0.15, 0.2) is 12.3 Å². The first-order valence-corrected chi connectivity index (χ1v) is 6.54. The van der Waals surface area contributed by atoms with Crippen molar-refractivity contribution in [3.63, 3.8) is 0 Å². The first-order chi connectivity index (χ1) is 8.49. The zero-order valence-corrected chi connectivity index (χ0v) is 11.7. The van der Waals surface area contributed by atoms with E-state index in [1.165, 1.54) is 26.3 Å². The molecule has 0 spiro atoms. The number of pyridine rings is 1. The number of ether oxygens (including phenoxy) is 2. The van der Waals surface area contributed by atoms with Crippen LogP contribution in [0.25, 0.3) is 0 Å². The number of hydrogen-bond donors (Lipinski definition) is 0. The molecule has 0 aliphatic carbocycles. The Hall–Kier alpha value is -1.27. The fraction of sp³-hybridized carbons (Fsp3) is 0.364. The Morgan fingerprint density at radius 3 is 2.67 bits per heavy atom. The minimum absolute atomic E-state index is 0.202. The number of carbonyl (C=O) groups is 2. The summed E-state index contributed by atoms with van der Waals surface area (Å²) in [7, 11) is 1.41. The molecular weight excluding hydrogens is 278 g/mol. The van der Waals surface area contributed by atoms with Crippen molar-refractivity contribution in [1.82, 2.24) is 4.98 Å². The van der Waals surface area contributed by atoms with Crippen LogP contribution in [-0.2, 0) is 14.3 Å². The normalized spacial score (nSPS) is 11.8. The van der Waals surface area contributed by atoms with E-state index in [4.69, 9.17) is 21.1 Å². The highest BCUT2D eigenvalue weighted by Gasteiger charge is 2.27. The number of thioether (sulfide) groups is 1. The highest BCUT2D eigenvalue weighted by molar-refractivity contribution is 8.13. The molecule has 0 bridgehead atoms. The van der Waals surface area contributed by atoms with Crippen molar-refractivity contribution in [2.75, 3.05) is 13.4 Å². The van der Waals surface area contributed by atoms with E-state index in [0.29, 0.717) is 10.6 Å². The lowest BCUT2D eigenvalue weighted by Crippen LogP contribution is -2.17. The molecule has 5 nitrogen and oxygen atoms in total. The summed E-state index contributed by atoms with van der Waals surface area (Å²) in [4.78, 5) is 26.8. The van der Waals surface area contributed by atoms with Gasteiger partial charge in [-0.15, -0.1) is 0 Å². The maximum atomic E-state index is 11.8. The first kappa shape index (κ1) is 14.8. The molecule has 0 saturated carbocycles. The zero-order valence-electron chi connectivity index (χ0n) is 10.1. The third kappa shape index (κ3) is 3.61. The van der Waals surface area contributed by atoms with Gasteiger partial charge in [-0.2, -0.15) is 0 Å². The van der Waals surface area contributed by atoms with E-state index in [1.807, 2.05) is 0 Å². The summed E-state index contributed by atoms with van der Waals surface area (Å²) in [5, 5.41) is 0.00409. The Kier molecular flexibility index (Phi) is 5.43. The van der Waals surface area contributed by atoms with E-state index in [1.54, 1.807) is 6.26 Å². The van der Waals surface area contributed by atoms with Crippen LogP contribution in [0.5, 0.6) is 5.88 Å². The molecule has 0 N–H and O–H groups in total. The topological polar surface area (TPSA) is 65.5 Å². The summed E-state index contributed by atoms with van der Waals surface area (Å²) in [6.07, 6.45) is 1.92. The average Bonchev–Trinajstić information content (AvgIpc) is 2.34. The van der Waals surface area contributed by atoms with Gasteiger partial charge in [0, 0.05) is 13.1 Å². The molecule has 1 rings (SSSR count). The Morgan fingerprint density at radius 2 is 2.17 bits per heavy atom. The average molecular weight is 290 g/mol. The fourth-order valence-corrected chi connectivity index (χ4v) is 1.87. The predicted molar refractivity (Wildman–Crippen MR) is 68.8 cm³/mol. The summed E-state index contributed by atoms with van der Waals surface area (Å²) < 4.78 is 10.0. The van der Waals surface area contributed by atoms with Crippen LogP contribution >= 0.6 is 23.4 Å². The van der Waals surface area contributed by atoms with Crippen molar-refractivity contribution < 1.29 is 19.1 Å². The Bertz CT molecular complexity index is 466. The molecule has 1 heterocycles. The van der Waals surface area contributed by atoms with Crippen LogP contribution in [-0.4, -0.2) is 29.4 Å². The summed E-state index contributed by atoms with van der Waals surface area (Å²) in [5.74, 6) is -0.363. The molecule has 0 aromatic carbocycles. The van der Waals surface area contributed by atoms with Crippen molar-refractivity contribution in [1.29, 1.82) is 0 Å². The minimum Gasteiger partial charge on any atom is -0.481 e. The number of aromatic nitrogens is 1. The van der Waals surface area contributed by atoms with Crippen LogP contribution in [0, 0.1) is 0 Å². The Balaban J connectivity index is 3.22. The second kappa shape index (κ2) is 6.61. The molecular formula is C11H12ClNO4S. The third-order valence-electron chi connectivity index (χ3n) is 2.02. The second-order valence-electron chi connectivity index (χ2n) is 3.26. The Morgan fingerprint density at radius 1 is 1.50 bits per heavy atom. The Labute approximate surface area is 114 Å². The first-order valence-electron chi connectivity index (χ1n) is 4.94. The van der Waals surface area contributed by atoms with Gasteiger partial charge in [0.1, 0.15) is 0 Å². The van der Waals surface area contributed by atoms with Gasteiger partial charge >= 0.3 is 5.97 Å². The highest BCUT2D eigenvalue weighted by Crippen LogP contribution is 2.31. The second-order valence-corrected chi connectivity index (χ2v) is 4.51. The maximum Gasteiger partial charge on any atom is 0.303 e. The lowest BCUT2D eigenvalue weighted by molar-refractivity contribution is -0.150. The monoisotopic (exact) mass is 289 g/mol. The number of carbonyl (C=O) groups excluding carboxylic acids is 2. The van der Waals surface area contributed by atoms with Gasteiger partial charge in [0.15, 0.2) is 0 Å². The van der Waals surface area contributed by atoms with E-state index < -0.39 is 12.1 Å². The quantitative estimate of drug-likeness (QED) is 0.792. The number of nitrogens with zero attached hydrogens (tertiary/aromatic N) is 1. The van der Waals surface area contributed by atoms with Crippen LogP contribution in [0.4, 0.5) is 0 Å². The van der Waals surface area contributed by atoms with E-state index in [-0.39, 0.29) is 11.0 Å². The molecule has 1 unspecified atom stereocenters. The lowest BCUT2D eigenvalue weighted by atomic mass is 10.1. The molecule has 98 valence electrons. The third-order valence-corrected chi connectivity index (χ3v) is 2.84. The van der Waals surface area contributed by atoms with Crippen molar-refractivity contribution in [2.45, 2.75) is 13.0 Å². The van der Waals surface area contributed by atoms with Gasteiger partial charge in [-0.05, 0) is 12.3 Å². The van der Waals surface area contributed by atoms with Gasteiger partial charge in [-0.3, -0.25) is 9.59 Å². The van der Waals surface area contributed by atoms with Gasteiger partial charge in [0.05, 0.1) is 17.7 Å². The van der Waals surface area contributed by atoms with Gasteiger partial charge in [0.2, 0.25) is 17.1 Å². The number of halogens is 1. The molecule has 7 heteroatoms. The van der Waals surface area contributed by atoms with E-state index >= 15 is 0 Å². The van der Waals surface area contributed by atoms with Gasteiger partial charge in [-0.1, -0.05) is 23.4 Å². The largest absolute Gasteiger partial charge is 0.481 e. The number of methoxy groups -OCH3 is 1. The van der Waals surface area contributed by atoms with Gasteiger partial charge in [-0.25, -0.2) is 4.98 Å². The minimum atomic E-state index is -1.07. The van der Waals surface area contributed by atoms with Crippen molar-refractivity contribution >= 4 is 34.4 Å². The maximum absolute atomic E-state index is 11.8. The lowest BCUT2D eigenvalue weighted by Gasteiger charge is -2.17. The smallest absolute Gasteiger partial charge is 0.303 e. The summed E-state index contributed by atoms with van der Waals surface area (Å²) in [5.41, 5.74) is 0.333. The van der Waals surface area contributed by atoms with E-state index in [9.17, 15) is 9.59 Å². The molecule has 0 aliphatic heterocycles. The van der Waals surface area contributed by atoms with E-state index in [0.717, 1.165) is 11.8 Å². The summed E-state index contributed by atoms with van der Waals surface area (Å²) in [6, 6.07) is 1.50. The number of rotatable bonds is 4. The molecule has 0 aliphatic rings. The van der Waals surface area contributed by atoms with Crippen LogP contribution < -0.4 is 4.74 Å². The van der Waals surface area contributed by atoms with Crippen LogP contribution in [0.2, 0.25) is 5.02 Å². The molecule has 18 heavy (non-hydrogen) atoms. The highest BCUT2D eigenvalue weighted by atomic mass is 35.5. The molecule has 0 amide bonds. The van der Waals surface area contributed by atoms with Gasteiger partial charge in [0.25, 0.3) is 0 Å². The predicted octanol–water partition coefficient (Wildman–Crippen LogP) is 2.24. The molecule has 1 aromatic rings. The molecule has 1 aromatic heterocycles. The van der Waals surface area contributed by atoms with Crippen molar-refractivity contribution in [2.24, 2.45) is 0 Å². The van der Waals surface area contributed by atoms with Crippen LogP contribution in [0.1, 0.15) is 18.6 Å².